The van der Waals surface area contributed by atoms with Crippen LogP contribution in [0.25, 0.3) is 0 Å². The lowest BCUT2D eigenvalue weighted by molar-refractivity contribution is 0.0592. The number of hydrogen-bond acceptors (Lipinski definition) is 6. The summed E-state index contributed by atoms with van der Waals surface area (Å²) in [7, 11) is 3.61. The Bertz CT molecular complexity index is 818. The molecular formula is C22H28N4O2. The van der Waals surface area contributed by atoms with Crippen molar-refractivity contribution in [1.29, 1.82) is 0 Å². The summed E-state index contributed by atoms with van der Waals surface area (Å²) in [5, 5.41) is 0. The van der Waals surface area contributed by atoms with Crippen molar-refractivity contribution >= 4 is 11.8 Å². The van der Waals surface area contributed by atoms with E-state index in [9.17, 15) is 4.79 Å². The SMILES string of the molecule is COC(=O)c1cncc(N2CCC3(CC2)CC(c2ccccc2)CN(C)C3)n1. The molecule has 2 aliphatic heterocycles. The standard InChI is InChI=1S/C22H28N4O2/c1-25-15-18(17-6-4-3-5-7-17)12-22(16-25)8-10-26(11-9-22)20-14-23-13-19(24-20)21(27)28-2/h3-7,13-14,18H,8-12,15-16H2,1-2H3. The summed E-state index contributed by atoms with van der Waals surface area (Å²) < 4.78 is 4.77. The number of benzene rings is 1. The topological polar surface area (TPSA) is 58.6 Å². The van der Waals surface area contributed by atoms with Crippen LogP contribution in [0.4, 0.5) is 5.82 Å². The maximum absolute atomic E-state index is 11.7. The van der Waals surface area contributed by atoms with Gasteiger partial charge in [-0.25, -0.2) is 9.78 Å². The van der Waals surface area contributed by atoms with Crippen LogP contribution < -0.4 is 4.90 Å². The Hall–Kier alpha value is -2.47. The molecule has 0 amide bonds. The molecule has 6 heteroatoms. The maximum Gasteiger partial charge on any atom is 0.358 e. The first-order valence-corrected chi connectivity index (χ1v) is 9.97. The zero-order valence-corrected chi connectivity index (χ0v) is 16.7. The molecule has 0 saturated carbocycles. The number of esters is 1. The molecule has 1 unspecified atom stereocenters. The average Bonchev–Trinajstić information content (AvgIpc) is 2.74. The highest BCUT2D eigenvalue weighted by Gasteiger charge is 2.41. The molecule has 2 aromatic rings. The number of likely N-dealkylation sites (N-methyl/N-ethyl adjacent to an activating group) is 1. The molecule has 6 nitrogen and oxygen atoms in total. The highest BCUT2D eigenvalue weighted by atomic mass is 16.5. The largest absolute Gasteiger partial charge is 0.464 e. The third-order valence-electron chi connectivity index (χ3n) is 6.25. The lowest BCUT2D eigenvalue weighted by atomic mass is 9.68. The van der Waals surface area contributed by atoms with Crippen LogP contribution in [-0.2, 0) is 4.74 Å². The fourth-order valence-corrected chi connectivity index (χ4v) is 4.90. The molecule has 1 atom stereocenters. The molecule has 0 aliphatic carbocycles. The van der Waals surface area contributed by atoms with Crippen molar-refractivity contribution in [2.45, 2.75) is 25.2 Å². The molecule has 0 N–H and O–H groups in total. The molecule has 1 spiro atoms. The number of carbonyl (C=O) groups is 1. The van der Waals surface area contributed by atoms with Gasteiger partial charge >= 0.3 is 5.97 Å². The third kappa shape index (κ3) is 3.87. The second kappa shape index (κ2) is 7.87. The first-order valence-electron chi connectivity index (χ1n) is 9.97. The molecule has 0 radical (unpaired) electrons. The van der Waals surface area contributed by atoms with Crippen LogP contribution in [0.15, 0.2) is 42.7 Å². The van der Waals surface area contributed by atoms with Gasteiger partial charge in [0.15, 0.2) is 5.69 Å². The summed E-state index contributed by atoms with van der Waals surface area (Å²) in [4.78, 5) is 25.1. The summed E-state index contributed by atoms with van der Waals surface area (Å²) in [5.41, 5.74) is 2.06. The minimum atomic E-state index is -0.442. The molecule has 2 fully saturated rings. The Kier molecular flexibility index (Phi) is 5.31. The number of nitrogens with zero attached hydrogens (tertiary/aromatic N) is 4. The Balaban J connectivity index is 1.46. The van der Waals surface area contributed by atoms with E-state index < -0.39 is 5.97 Å². The fraction of sp³-hybridized carbons (Fsp3) is 0.500. The van der Waals surface area contributed by atoms with E-state index in [0.29, 0.717) is 11.3 Å². The maximum atomic E-state index is 11.7. The van der Waals surface area contributed by atoms with Gasteiger partial charge in [0.2, 0.25) is 0 Å². The third-order valence-corrected chi connectivity index (χ3v) is 6.25. The highest BCUT2D eigenvalue weighted by Crippen LogP contribution is 2.45. The summed E-state index contributed by atoms with van der Waals surface area (Å²) >= 11 is 0. The van der Waals surface area contributed by atoms with Crippen LogP contribution >= 0.6 is 0 Å². The van der Waals surface area contributed by atoms with Crippen molar-refractivity contribution in [2.75, 3.05) is 45.2 Å². The minimum absolute atomic E-state index is 0.266. The summed E-state index contributed by atoms with van der Waals surface area (Å²) in [6.45, 7) is 4.16. The lowest BCUT2D eigenvalue weighted by Gasteiger charge is -2.49. The van der Waals surface area contributed by atoms with Gasteiger partial charge in [0, 0.05) is 26.2 Å². The van der Waals surface area contributed by atoms with Crippen molar-refractivity contribution in [3.8, 4) is 0 Å². The number of piperidine rings is 2. The van der Waals surface area contributed by atoms with Crippen LogP contribution in [0.3, 0.4) is 0 Å². The van der Waals surface area contributed by atoms with E-state index in [4.69, 9.17) is 4.74 Å². The van der Waals surface area contributed by atoms with Crippen LogP contribution in [0, 0.1) is 5.41 Å². The van der Waals surface area contributed by atoms with Gasteiger partial charge < -0.3 is 14.5 Å². The van der Waals surface area contributed by atoms with Crippen molar-refractivity contribution in [3.05, 3.63) is 54.0 Å². The van der Waals surface area contributed by atoms with Crippen LogP contribution in [-0.4, -0.2) is 61.2 Å². The van der Waals surface area contributed by atoms with Gasteiger partial charge in [-0.15, -0.1) is 0 Å². The first-order chi connectivity index (χ1) is 13.6. The number of anilines is 1. The van der Waals surface area contributed by atoms with Gasteiger partial charge in [-0.1, -0.05) is 30.3 Å². The van der Waals surface area contributed by atoms with Crippen LogP contribution in [0.1, 0.15) is 41.2 Å². The van der Waals surface area contributed by atoms with Gasteiger partial charge in [-0.05, 0) is 43.2 Å². The Morgan fingerprint density at radius 1 is 1.18 bits per heavy atom. The van der Waals surface area contributed by atoms with Gasteiger partial charge in [0.25, 0.3) is 0 Å². The lowest BCUT2D eigenvalue weighted by Crippen LogP contribution is -2.50. The van der Waals surface area contributed by atoms with Crippen molar-refractivity contribution < 1.29 is 9.53 Å². The normalized spacial score (nSPS) is 22.2. The van der Waals surface area contributed by atoms with Gasteiger partial charge in [-0.2, -0.15) is 0 Å². The van der Waals surface area contributed by atoms with E-state index in [-0.39, 0.29) is 5.69 Å². The number of methoxy groups -OCH3 is 1. The molecule has 0 bridgehead atoms. The summed E-state index contributed by atoms with van der Waals surface area (Å²) in [6.07, 6.45) is 6.70. The van der Waals surface area contributed by atoms with E-state index in [2.05, 4.69) is 57.1 Å². The van der Waals surface area contributed by atoms with E-state index in [1.54, 1.807) is 6.20 Å². The molecule has 3 heterocycles. The predicted molar refractivity (Wildman–Crippen MR) is 109 cm³/mol. The van der Waals surface area contributed by atoms with Crippen molar-refractivity contribution in [1.82, 2.24) is 14.9 Å². The molecule has 148 valence electrons. The van der Waals surface area contributed by atoms with Crippen molar-refractivity contribution in [3.63, 3.8) is 0 Å². The summed E-state index contributed by atoms with van der Waals surface area (Å²) in [5.74, 6) is 0.915. The smallest absolute Gasteiger partial charge is 0.358 e. The average molecular weight is 380 g/mol. The monoisotopic (exact) mass is 380 g/mol. The number of carbonyl (C=O) groups excluding carboxylic acids is 1. The second-order valence-corrected chi connectivity index (χ2v) is 8.25. The van der Waals surface area contributed by atoms with E-state index in [1.807, 2.05) is 0 Å². The zero-order chi connectivity index (χ0) is 19.6. The quantitative estimate of drug-likeness (QED) is 0.763. The van der Waals surface area contributed by atoms with Crippen LogP contribution in [0.5, 0.6) is 0 Å². The number of rotatable bonds is 3. The molecule has 2 saturated heterocycles. The number of aromatic nitrogens is 2. The van der Waals surface area contributed by atoms with Gasteiger partial charge in [0.1, 0.15) is 5.82 Å². The Labute approximate surface area is 166 Å². The molecule has 28 heavy (non-hydrogen) atoms. The second-order valence-electron chi connectivity index (χ2n) is 8.25. The number of ether oxygens (including phenoxy) is 1. The number of likely N-dealkylation sites (tertiary alicyclic amines) is 1. The highest BCUT2D eigenvalue weighted by molar-refractivity contribution is 5.87. The van der Waals surface area contributed by atoms with Gasteiger partial charge in [-0.3, -0.25) is 4.98 Å². The van der Waals surface area contributed by atoms with Crippen molar-refractivity contribution in [2.24, 2.45) is 5.41 Å². The molecule has 4 rings (SSSR count). The molecular weight excluding hydrogens is 352 g/mol. The molecule has 2 aliphatic rings. The van der Waals surface area contributed by atoms with E-state index >= 15 is 0 Å². The van der Waals surface area contributed by atoms with E-state index in [0.717, 1.165) is 44.8 Å². The summed E-state index contributed by atoms with van der Waals surface area (Å²) in [6, 6.07) is 10.9. The first kappa shape index (κ1) is 18.9. The van der Waals surface area contributed by atoms with Gasteiger partial charge in [0.05, 0.1) is 19.5 Å². The Morgan fingerprint density at radius 3 is 2.64 bits per heavy atom. The number of hydrogen-bond donors (Lipinski definition) is 0. The minimum Gasteiger partial charge on any atom is -0.464 e. The molecule has 1 aromatic carbocycles. The Morgan fingerprint density at radius 2 is 1.93 bits per heavy atom. The fourth-order valence-electron chi connectivity index (χ4n) is 4.90. The predicted octanol–water partition coefficient (Wildman–Crippen LogP) is 2.97. The van der Waals surface area contributed by atoms with Crippen LogP contribution in [0.2, 0.25) is 0 Å². The van der Waals surface area contributed by atoms with E-state index in [1.165, 1.54) is 25.3 Å². The zero-order valence-electron chi connectivity index (χ0n) is 16.7. The molecule has 1 aromatic heterocycles.